The first-order chi connectivity index (χ1) is 20.6. The molecule has 0 aliphatic carbocycles. The summed E-state index contributed by atoms with van der Waals surface area (Å²) in [5.74, 6) is 6.49. The summed E-state index contributed by atoms with van der Waals surface area (Å²) in [7, 11) is 0.535. The Hall–Kier alpha value is -4.66. The van der Waals surface area contributed by atoms with Gasteiger partial charge in [0.15, 0.2) is 0 Å². The third-order valence-corrected chi connectivity index (χ3v) is 8.53. The van der Waals surface area contributed by atoms with Crippen LogP contribution in [-0.4, -0.2) is 58.0 Å². The van der Waals surface area contributed by atoms with E-state index in [0.29, 0.717) is 35.1 Å². The van der Waals surface area contributed by atoms with E-state index in [1.165, 1.54) is 24.3 Å². The first kappa shape index (κ1) is 31.3. The van der Waals surface area contributed by atoms with Gasteiger partial charge in [-0.15, -0.1) is 5.92 Å². The van der Waals surface area contributed by atoms with Crippen LogP contribution in [0, 0.1) is 18.8 Å². The number of hydrogen-bond acceptors (Lipinski definition) is 7. The number of benzene rings is 3. The number of rotatable bonds is 13. The highest BCUT2D eigenvalue weighted by Crippen LogP contribution is 2.32. The number of carbonyl (C=O) groups is 1. The van der Waals surface area contributed by atoms with Crippen molar-refractivity contribution in [3.8, 4) is 34.8 Å². The second-order valence-corrected chi connectivity index (χ2v) is 11.4. The highest BCUT2D eigenvalue weighted by atomic mass is 32.2. The molecule has 4 aromatic rings. The van der Waals surface area contributed by atoms with E-state index in [1.807, 2.05) is 41.8 Å². The van der Waals surface area contributed by atoms with Crippen molar-refractivity contribution in [2.45, 2.75) is 37.8 Å². The molecule has 2 N–H and O–H groups in total. The van der Waals surface area contributed by atoms with Crippen molar-refractivity contribution >= 4 is 26.9 Å². The molecule has 43 heavy (non-hydrogen) atoms. The average Bonchev–Trinajstić information content (AvgIpc) is 3.25. The average molecular weight is 607 g/mol. The van der Waals surface area contributed by atoms with E-state index in [2.05, 4.69) is 16.6 Å². The van der Waals surface area contributed by atoms with E-state index in [9.17, 15) is 18.3 Å². The lowest BCUT2D eigenvalue weighted by Crippen LogP contribution is -2.42. The van der Waals surface area contributed by atoms with Gasteiger partial charge >= 0.3 is 5.97 Å². The Morgan fingerprint density at radius 3 is 2.14 bits per heavy atom. The van der Waals surface area contributed by atoms with Crippen LogP contribution in [0.2, 0.25) is 0 Å². The second kappa shape index (κ2) is 13.5. The van der Waals surface area contributed by atoms with Crippen LogP contribution in [0.3, 0.4) is 0 Å². The summed E-state index contributed by atoms with van der Waals surface area (Å²) in [6.07, 6.45) is -0.102. The van der Waals surface area contributed by atoms with Gasteiger partial charge < -0.3 is 28.6 Å². The zero-order valence-corrected chi connectivity index (χ0v) is 25.4. The standard InChI is InChI=1S/C32H34N2O8S/c1-6-7-14-42-23-8-11-27(12-9-23)43(37,38)33-30(32(35)36)19-28-21(2)34(31-13-10-24(39-3)18-29(28)31)20-22-15-25(40-4)17-26(16-22)41-5/h8-13,15-18,30,33H,14,19-20H2,1-5H3,(H,35,36). The summed E-state index contributed by atoms with van der Waals surface area (Å²) in [6, 6.07) is 15.4. The molecule has 0 saturated heterocycles. The van der Waals surface area contributed by atoms with Gasteiger partial charge in [0.05, 0.1) is 26.2 Å². The van der Waals surface area contributed by atoms with Crippen molar-refractivity contribution in [2.24, 2.45) is 0 Å². The molecule has 0 aliphatic rings. The van der Waals surface area contributed by atoms with E-state index in [4.69, 9.17) is 18.9 Å². The van der Waals surface area contributed by atoms with E-state index in [0.717, 1.165) is 22.2 Å². The molecule has 0 spiro atoms. The molecule has 1 atom stereocenters. The van der Waals surface area contributed by atoms with Crippen LogP contribution in [0.25, 0.3) is 10.9 Å². The lowest BCUT2D eigenvalue weighted by molar-refractivity contribution is -0.138. The maximum Gasteiger partial charge on any atom is 0.322 e. The summed E-state index contributed by atoms with van der Waals surface area (Å²) in [6.45, 7) is 4.18. The lowest BCUT2D eigenvalue weighted by Gasteiger charge is -2.16. The van der Waals surface area contributed by atoms with Crippen molar-refractivity contribution in [2.75, 3.05) is 27.9 Å². The van der Waals surface area contributed by atoms with Crippen LogP contribution < -0.4 is 23.7 Å². The number of sulfonamides is 1. The highest BCUT2D eigenvalue weighted by molar-refractivity contribution is 7.89. The lowest BCUT2D eigenvalue weighted by atomic mass is 10.0. The minimum Gasteiger partial charge on any atom is -0.497 e. The van der Waals surface area contributed by atoms with E-state index in [1.54, 1.807) is 34.3 Å². The Morgan fingerprint density at radius 2 is 1.56 bits per heavy atom. The van der Waals surface area contributed by atoms with Crippen LogP contribution >= 0.6 is 0 Å². The number of nitrogens with one attached hydrogen (secondary N) is 1. The number of hydrogen-bond donors (Lipinski definition) is 2. The molecule has 1 aromatic heterocycles. The molecule has 0 aliphatic heterocycles. The molecule has 10 nitrogen and oxygen atoms in total. The quantitative estimate of drug-likeness (QED) is 0.215. The third kappa shape index (κ3) is 7.23. The molecular weight excluding hydrogens is 572 g/mol. The first-order valence-electron chi connectivity index (χ1n) is 13.4. The molecule has 1 unspecified atom stereocenters. The number of aromatic nitrogens is 1. The maximum absolute atomic E-state index is 13.2. The zero-order valence-electron chi connectivity index (χ0n) is 24.6. The fourth-order valence-electron chi connectivity index (χ4n) is 4.80. The Kier molecular flexibility index (Phi) is 9.85. The van der Waals surface area contributed by atoms with Gasteiger partial charge in [-0.3, -0.25) is 4.79 Å². The van der Waals surface area contributed by atoms with Gasteiger partial charge in [-0.2, -0.15) is 4.72 Å². The monoisotopic (exact) mass is 606 g/mol. The van der Waals surface area contributed by atoms with Crippen molar-refractivity contribution in [3.63, 3.8) is 0 Å². The molecule has 11 heteroatoms. The van der Waals surface area contributed by atoms with Gasteiger partial charge in [-0.25, -0.2) is 8.42 Å². The summed E-state index contributed by atoms with van der Waals surface area (Å²) in [4.78, 5) is 12.3. The zero-order chi connectivity index (χ0) is 31.1. The number of ether oxygens (including phenoxy) is 4. The van der Waals surface area contributed by atoms with Crippen molar-refractivity contribution in [3.05, 3.63) is 77.5 Å². The van der Waals surface area contributed by atoms with E-state index < -0.39 is 22.0 Å². The Bertz CT molecular complexity index is 1760. The van der Waals surface area contributed by atoms with Gasteiger partial charge in [0.25, 0.3) is 0 Å². The minimum absolute atomic E-state index is 0.0829. The topological polar surface area (TPSA) is 125 Å². The fraction of sp³-hybridized carbons (Fsp3) is 0.281. The molecule has 3 aromatic carbocycles. The van der Waals surface area contributed by atoms with Crippen molar-refractivity contribution in [1.29, 1.82) is 0 Å². The normalized spacial score (nSPS) is 11.8. The number of aliphatic carboxylic acids is 1. The maximum atomic E-state index is 13.2. The molecule has 0 fully saturated rings. The largest absolute Gasteiger partial charge is 0.497 e. The summed E-state index contributed by atoms with van der Waals surface area (Å²) >= 11 is 0. The first-order valence-corrected chi connectivity index (χ1v) is 14.8. The van der Waals surface area contributed by atoms with Gasteiger partial charge in [0, 0.05) is 35.6 Å². The predicted octanol–water partition coefficient (Wildman–Crippen LogP) is 4.40. The van der Waals surface area contributed by atoms with Crippen LogP contribution in [-0.2, 0) is 27.8 Å². The van der Waals surface area contributed by atoms with Crippen LogP contribution in [0.4, 0.5) is 0 Å². The summed E-state index contributed by atoms with van der Waals surface area (Å²) in [5.41, 5.74) is 3.21. The van der Waals surface area contributed by atoms with Crippen molar-refractivity contribution in [1.82, 2.24) is 9.29 Å². The number of methoxy groups -OCH3 is 3. The molecule has 0 amide bonds. The Labute approximate surface area is 251 Å². The number of carboxylic acid groups (broad SMARTS) is 1. The van der Waals surface area contributed by atoms with Gasteiger partial charge in [-0.05, 0) is 79.6 Å². The van der Waals surface area contributed by atoms with E-state index >= 15 is 0 Å². The third-order valence-electron chi connectivity index (χ3n) is 7.04. The number of fused-ring (bicyclic) bond motifs is 1. The summed E-state index contributed by atoms with van der Waals surface area (Å²) in [5, 5.41) is 10.9. The number of nitrogens with zero attached hydrogens (tertiary/aromatic N) is 1. The van der Waals surface area contributed by atoms with Crippen LogP contribution in [0.15, 0.2) is 65.6 Å². The molecule has 0 radical (unpaired) electrons. The fourth-order valence-corrected chi connectivity index (χ4v) is 5.99. The molecule has 0 saturated carbocycles. The minimum atomic E-state index is -4.18. The van der Waals surface area contributed by atoms with Crippen LogP contribution in [0.5, 0.6) is 23.0 Å². The number of carboxylic acids is 1. The second-order valence-electron chi connectivity index (χ2n) is 9.66. The van der Waals surface area contributed by atoms with E-state index in [-0.39, 0.29) is 17.9 Å². The molecule has 0 bridgehead atoms. The van der Waals surface area contributed by atoms with Crippen molar-refractivity contribution < 1.29 is 37.3 Å². The smallest absolute Gasteiger partial charge is 0.322 e. The summed E-state index contributed by atoms with van der Waals surface area (Å²) < 4.78 is 52.7. The molecule has 1 heterocycles. The van der Waals surface area contributed by atoms with Gasteiger partial charge in [0.1, 0.15) is 35.6 Å². The Balaban J connectivity index is 1.69. The predicted molar refractivity (Wildman–Crippen MR) is 163 cm³/mol. The van der Waals surface area contributed by atoms with Gasteiger partial charge in [-0.1, -0.05) is 5.92 Å². The molecule has 4 rings (SSSR count). The van der Waals surface area contributed by atoms with Crippen LogP contribution in [0.1, 0.15) is 23.7 Å². The molecule has 226 valence electrons. The highest BCUT2D eigenvalue weighted by Gasteiger charge is 2.28. The SMILES string of the molecule is CC#CCOc1ccc(S(=O)(=O)NC(Cc2c(C)n(Cc3cc(OC)cc(OC)c3)c3ccc(OC)cc23)C(=O)O)cc1. The Morgan fingerprint density at radius 1 is 0.930 bits per heavy atom. The molecular formula is C32H34N2O8S. The van der Waals surface area contributed by atoms with Gasteiger partial charge in [0.2, 0.25) is 10.0 Å².